The highest BCUT2D eigenvalue weighted by molar-refractivity contribution is 6.31. The van der Waals surface area contributed by atoms with Gasteiger partial charge in [-0.15, -0.1) is 0 Å². The number of benzene rings is 2. The Morgan fingerprint density at radius 3 is 2.48 bits per heavy atom. The van der Waals surface area contributed by atoms with E-state index in [4.69, 9.17) is 21.1 Å². The van der Waals surface area contributed by atoms with Gasteiger partial charge < -0.3 is 14.8 Å². The summed E-state index contributed by atoms with van der Waals surface area (Å²) in [6.45, 7) is 7.16. The van der Waals surface area contributed by atoms with Crippen LogP contribution in [0.5, 0.6) is 11.5 Å². The molecule has 0 aromatic heterocycles. The van der Waals surface area contributed by atoms with Gasteiger partial charge in [-0.1, -0.05) is 36.7 Å². The normalized spacial score (nSPS) is 11.4. The maximum atomic E-state index is 13.7. The van der Waals surface area contributed by atoms with E-state index in [0.717, 1.165) is 12.0 Å². The first-order valence-electron chi connectivity index (χ1n) is 8.34. The Kier molecular flexibility index (Phi) is 6.68. The summed E-state index contributed by atoms with van der Waals surface area (Å²) in [7, 11) is 1.58. The minimum atomic E-state index is -0.296. The average Bonchev–Trinajstić information content (AvgIpc) is 2.60. The molecule has 2 aromatic rings. The van der Waals surface area contributed by atoms with Gasteiger partial charge in [0.15, 0.2) is 11.5 Å². The Morgan fingerprint density at radius 2 is 1.84 bits per heavy atom. The van der Waals surface area contributed by atoms with Crippen LogP contribution in [0, 0.1) is 5.82 Å². The molecule has 0 fully saturated rings. The zero-order valence-corrected chi connectivity index (χ0v) is 15.9. The second kappa shape index (κ2) is 8.54. The van der Waals surface area contributed by atoms with Gasteiger partial charge in [-0.3, -0.25) is 0 Å². The fraction of sp³-hybridized carbons (Fsp3) is 0.400. The molecule has 0 saturated carbocycles. The van der Waals surface area contributed by atoms with E-state index in [9.17, 15) is 4.39 Å². The Bertz CT molecular complexity index is 719. The van der Waals surface area contributed by atoms with Crippen LogP contribution in [0.25, 0.3) is 0 Å². The third-order valence-corrected chi connectivity index (χ3v) is 4.67. The largest absolute Gasteiger partial charge is 0.493 e. The number of hydrogen-bond donors (Lipinski definition) is 1. The van der Waals surface area contributed by atoms with Crippen LogP contribution in [-0.4, -0.2) is 12.6 Å². The van der Waals surface area contributed by atoms with Crippen LogP contribution in [0.3, 0.4) is 0 Å². The molecule has 0 bridgehead atoms. The van der Waals surface area contributed by atoms with Crippen LogP contribution in [-0.2, 0) is 13.2 Å². The third-order valence-electron chi connectivity index (χ3n) is 4.31. The van der Waals surface area contributed by atoms with E-state index < -0.39 is 0 Å². The summed E-state index contributed by atoms with van der Waals surface area (Å²) < 4.78 is 24.9. The summed E-state index contributed by atoms with van der Waals surface area (Å²) in [5.41, 5.74) is 1.44. The van der Waals surface area contributed by atoms with Gasteiger partial charge in [0.2, 0.25) is 0 Å². The molecule has 1 N–H and O–H groups in total. The molecule has 0 radical (unpaired) electrons. The van der Waals surface area contributed by atoms with Crippen molar-refractivity contribution in [1.82, 2.24) is 5.32 Å². The fourth-order valence-corrected chi connectivity index (χ4v) is 2.44. The molecule has 0 aliphatic heterocycles. The molecule has 0 unspecified atom stereocenters. The van der Waals surface area contributed by atoms with Crippen molar-refractivity contribution in [1.29, 1.82) is 0 Å². The van der Waals surface area contributed by atoms with Gasteiger partial charge >= 0.3 is 0 Å². The van der Waals surface area contributed by atoms with Gasteiger partial charge in [-0.05, 0) is 38.0 Å². The monoisotopic (exact) mass is 365 g/mol. The molecular formula is C20H25ClFNO2. The van der Waals surface area contributed by atoms with E-state index in [1.165, 1.54) is 6.07 Å². The van der Waals surface area contributed by atoms with Crippen LogP contribution in [0.2, 0.25) is 5.02 Å². The van der Waals surface area contributed by atoms with E-state index in [1.54, 1.807) is 31.4 Å². The molecule has 0 amide bonds. The van der Waals surface area contributed by atoms with E-state index in [2.05, 4.69) is 26.1 Å². The maximum absolute atomic E-state index is 13.7. The van der Waals surface area contributed by atoms with Crippen LogP contribution >= 0.6 is 11.6 Å². The SMILES string of the molecule is CCC(C)(C)NCc1cc(OC)c(OCc2ccccc2F)cc1Cl. The highest BCUT2D eigenvalue weighted by Gasteiger charge is 2.16. The minimum Gasteiger partial charge on any atom is -0.493 e. The molecule has 136 valence electrons. The summed E-state index contributed by atoms with van der Waals surface area (Å²) in [4.78, 5) is 0. The Morgan fingerprint density at radius 1 is 1.12 bits per heavy atom. The summed E-state index contributed by atoms with van der Waals surface area (Å²) in [5.74, 6) is 0.774. The summed E-state index contributed by atoms with van der Waals surface area (Å²) in [5, 5.41) is 4.06. The zero-order chi connectivity index (χ0) is 18.4. The van der Waals surface area contributed by atoms with E-state index in [1.807, 2.05) is 6.07 Å². The second-order valence-electron chi connectivity index (χ2n) is 6.57. The van der Waals surface area contributed by atoms with Crippen molar-refractivity contribution in [3.63, 3.8) is 0 Å². The quantitative estimate of drug-likeness (QED) is 0.684. The van der Waals surface area contributed by atoms with Gasteiger partial charge in [-0.25, -0.2) is 4.39 Å². The highest BCUT2D eigenvalue weighted by atomic mass is 35.5. The lowest BCUT2D eigenvalue weighted by molar-refractivity contribution is 0.279. The van der Waals surface area contributed by atoms with Crippen LogP contribution < -0.4 is 14.8 Å². The van der Waals surface area contributed by atoms with Gasteiger partial charge in [-0.2, -0.15) is 0 Å². The molecule has 0 atom stereocenters. The molecule has 5 heteroatoms. The summed E-state index contributed by atoms with van der Waals surface area (Å²) in [6.07, 6.45) is 1.01. The first-order chi connectivity index (χ1) is 11.9. The topological polar surface area (TPSA) is 30.5 Å². The lowest BCUT2D eigenvalue weighted by Crippen LogP contribution is -2.37. The Hall–Kier alpha value is -1.78. The predicted octanol–water partition coefficient (Wildman–Crippen LogP) is 5.34. The molecule has 0 heterocycles. The van der Waals surface area contributed by atoms with E-state index in [-0.39, 0.29) is 18.0 Å². The number of hydrogen-bond acceptors (Lipinski definition) is 3. The Balaban J connectivity index is 2.14. The Labute approximate surface area is 154 Å². The maximum Gasteiger partial charge on any atom is 0.163 e. The number of halogens is 2. The molecule has 0 spiro atoms. The molecule has 25 heavy (non-hydrogen) atoms. The molecular weight excluding hydrogens is 341 g/mol. The van der Waals surface area contributed by atoms with Crippen molar-refractivity contribution in [3.8, 4) is 11.5 Å². The number of methoxy groups -OCH3 is 1. The van der Waals surface area contributed by atoms with Gasteiger partial charge in [0.05, 0.1) is 7.11 Å². The van der Waals surface area contributed by atoms with Gasteiger partial charge in [0.1, 0.15) is 12.4 Å². The number of rotatable bonds is 8. The lowest BCUT2D eigenvalue weighted by Gasteiger charge is -2.25. The lowest BCUT2D eigenvalue weighted by atomic mass is 10.0. The molecule has 3 nitrogen and oxygen atoms in total. The second-order valence-corrected chi connectivity index (χ2v) is 6.97. The predicted molar refractivity (Wildman–Crippen MR) is 99.9 cm³/mol. The van der Waals surface area contributed by atoms with Crippen molar-refractivity contribution < 1.29 is 13.9 Å². The average molecular weight is 366 g/mol. The molecule has 2 rings (SSSR count). The van der Waals surface area contributed by atoms with Crippen molar-refractivity contribution >= 4 is 11.6 Å². The zero-order valence-electron chi connectivity index (χ0n) is 15.2. The minimum absolute atomic E-state index is 0.0244. The fourth-order valence-electron chi connectivity index (χ4n) is 2.22. The summed E-state index contributed by atoms with van der Waals surface area (Å²) >= 11 is 6.39. The highest BCUT2D eigenvalue weighted by Crippen LogP contribution is 2.34. The molecule has 0 saturated heterocycles. The van der Waals surface area contributed by atoms with Gasteiger partial charge in [0.25, 0.3) is 0 Å². The molecule has 0 aliphatic rings. The first-order valence-corrected chi connectivity index (χ1v) is 8.71. The van der Waals surface area contributed by atoms with Crippen molar-refractivity contribution in [3.05, 3.63) is 58.4 Å². The van der Waals surface area contributed by atoms with Crippen LogP contribution in [0.4, 0.5) is 4.39 Å². The summed E-state index contributed by atoms with van der Waals surface area (Å²) in [6, 6.07) is 10.1. The van der Waals surface area contributed by atoms with Crippen LogP contribution in [0.15, 0.2) is 36.4 Å². The van der Waals surface area contributed by atoms with Gasteiger partial charge in [0, 0.05) is 28.7 Å². The van der Waals surface area contributed by atoms with E-state index >= 15 is 0 Å². The van der Waals surface area contributed by atoms with Crippen molar-refractivity contribution in [2.75, 3.05) is 7.11 Å². The smallest absolute Gasteiger partial charge is 0.163 e. The standard InChI is InChI=1S/C20H25ClFNO2/c1-5-20(2,3)23-12-15-10-18(24-4)19(11-16(15)21)25-13-14-8-6-7-9-17(14)22/h6-11,23H,5,12-13H2,1-4H3. The number of nitrogens with one attached hydrogen (secondary N) is 1. The van der Waals surface area contributed by atoms with E-state index in [0.29, 0.717) is 28.6 Å². The van der Waals surface area contributed by atoms with Crippen LogP contribution in [0.1, 0.15) is 38.3 Å². The number of ether oxygens (including phenoxy) is 2. The third kappa shape index (κ3) is 5.35. The van der Waals surface area contributed by atoms with Crippen molar-refractivity contribution in [2.45, 2.75) is 45.9 Å². The molecule has 0 aliphatic carbocycles. The first kappa shape index (κ1) is 19.5. The van der Waals surface area contributed by atoms with Crippen molar-refractivity contribution in [2.24, 2.45) is 0 Å². The molecule has 2 aromatic carbocycles.